The third kappa shape index (κ3) is 3.69. The van der Waals surface area contributed by atoms with Gasteiger partial charge in [0, 0.05) is 36.5 Å². The molecule has 3 aromatic rings. The van der Waals surface area contributed by atoms with E-state index in [0.29, 0.717) is 23.4 Å². The second-order valence-electron chi connectivity index (χ2n) is 8.23. The van der Waals surface area contributed by atoms with Gasteiger partial charge in [0.1, 0.15) is 23.4 Å². The Balaban J connectivity index is 1.58. The Morgan fingerprint density at radius 3 is 3.03 bits per heavy atom. The van der Waals surface area contributed by atoms with Gasteiger partial charge in [-0.25, -0.2) is 9.67 Å². The number of nitrogens with two attached hydrogens (primary N) is 1. The zero-order valence-electron chi connectivity index (χ0n) is 18.1. The average Bonchev–Trinajstić information content (AvgIpc) is 3.19. The van der Waals surface area contributed by atoms with Crippen molar-refractivity contribution in [2.45, 2.75) is 45.4 Å². The van der Waals surface area contributed by atoms with Gasteiger partial charge in [0.25, 0.3) is 5.56 Å². The van der Waals surface area contributed by atoms with Crippen molar-refractivity contribution in [1.29, 1.82) is 0 Å². The summed E-state index contributed by atoms with van der Waals surface area (Å²) >= 11 is 0. The van der Waals surface area contributed by atoms with Crippen molar-refractivity contribution in [2.24, 2.45) is 10.9 Å². The van der Waals surface area contributed by atoms with Crippen LogP contribution in [0.5, 0.6) is 0 Å². The fourth-order valence-electron chi connectivity index (χ4n) is 4.33. The highest BCUT2D eigenvalue weighted by Gasteiger charge is 2.24. The predicted octanol–water partition coefficient (Wildman–Crippen LogP) is 2.34. The van der Waals surface area contributed by atoms with Gasteiger partial charge in [-0.15, -0.1) is 0 Å². The lowest BCUT2D eigenvalue weighted by Gasteiger charge is -2.31. The van der Waals surface area contributed by atoms with E-state index < -0.39 is 0 Å². The lowest BCUT2D eigenvalue weighted by molar-refractivity contribution is 0.125. The molecule has 0 saturated carbocycles. The van der Waals surface area contributed by atoms with Crippen molar-refractivity contribution in [2.75, 3.05) is 18.0 Å². The van der Waals surface area contributed by atoms with Crippen LogP contribution in [0.4, 0.5) is 5.95 Å². The summed E-state index contributed by atoms with van der Waals surface area (Å²) < 4.78 is 3.31. The molecule has 5 rings (SSSR count). The molecule has 0 spiro atoms. The SMILES string of the molecule is CCC=Cn1c(N2CCCC(N)C2)nc2cnn(CC3=NOCc4ccccc43)c(=O)c21. The summed E-state index contributed by atoms with van der Waals surface area (Å²) in [5, 5.41) is 8.60. The van der Waals surface area contributed by atoms with Crippen LogP contribution in [0.25, 0.3) is 17.2 Å². The molecule has 0 bridgehead atoms. The van der Waals surface area contributed by atoms with Gasteiger partial charge in [-0.05, 0) is 19.3 Å². The fourth-order valence-corrected chi connectivity index (χ4v) is 4.33. The van der Waals surface area contributed by atoms with E-state index in [1.54, 1.807) is 6.20 Å². The number of allylic oxidation sites excluding steroid dienone is 1. The highest BCUT2D eigenvalue weighted by Crippen LogP contribution is 2.24. The third-order valence-corrected chi connectivity index (χ3v) is 5.93. The first kappa shape index (κ1) is 20.4. The Hall–Kier alpha value is -3.46. The van der Waals surface area contributed by atoms with E-state index in [2.05, 4.69) is 22.1 Å². The number of anilines is 1. The van der Waals surface area contributed by atoms with Crippen LogP contribution in [0.15, 0.2) is 46.5 Å². The summed E-state index contributed by atoms with van der Waals surface area (Å²) in [5.74, 6) is 0.736. The Morgan fingerprint density at radius 1 is 1.31 bits per heavy atom. The third-order valence-electron chi connectivity index (χ3n) is 5.93. The van der Waals surface area contributed by atoms with Gasteiger partial charge >= 0.3 is 0 Å². The van der Waals surface area contributed by atoms with E-state index in [9.17, 15) is 4.79 Å². The summed E-state index contributed by atoms with van der Waals surface area (Å²) in [4.78, 5) is 25.8. The molecule has 2 aliphatic heterocycles. The van der Waals surface area contributed by atoms with Crippen LogP contribution >= 0.6 is 0 Å². The molecule has 0 aliphatic carbocycles. The summed E-state index contributed by atoms with van der Waals surface area (Å²) in [6, 6.07) is 8.02. The molecule has 1 atom stereocenters. The second-order valence-corrected chi connectivity index (χ2v) is 8.23. The first-order valence-corrected chi connectivity index (χ1v) is 11.1. The van der Waals surface area contributed by atoms with E-state index in [0.717, 1.165) is 49.4 Å². The minimum absolute atomic E-state index is 0.103. The Kier molecular flexibility index (Phi) is 5.48. The molecule has 32 heavy (non-hydrogen) atoms. The second kappa shape index (κ2) is 8.58. The Bertz CT molecular complexity index is 1260. The van der Waals surface area contributed by atoms with Crippen LogP contribution in [0.3, 0.4) is 0 Å². The van der Waals surface area contributed by atoms with Crippen LogP contribution < -0.4 is 16.2 Å². The topological polar surface area (TPSA) is 104 Å². The fraction of sp³-hybridized carbons (Fsp3) is 0.391. The molecule has 1 saturated heterocycles. The van der Waals surface area contributed by atoms with E-state index in [1.807, 2.05) is 41.1 Å². The molecule has 0 amide bonds. The van der Waals surface area contributed by atoms with Gasteiger partial charge in [0.05, 0.1) is 12.7 Å². The number of oxime groups is 1. The average molecular weight is 434 g/mol. The molecule has 9 heteroatoms. The maximum atomic E-state index is 13.5. The van der Waals surface area contributed by atoms with Gasteiger partial charge in [0.15, 0.2) is 0 Å². The molecule has 9 nitrogen and oxygen atoms in total. The van der Waals surface area contributed by atoms with Crippen LogP contribution in [-0.4, -0.2) is 44.2 Å². The normalized spacial score (nSPS) is 18.6. The van der Waals surface area contributed by atoms with Crippen molar-refractivity contribution in [3.05, 3.63) is 58.0 Å². The molecule has 2 N–H and O–H groups in total. The van der Waals surface area contributed by atoms with Crippen LogP contribution in [0.2, 0.25) is 0 Å². The highest BCUT2D eigenvalue weighted by molar-refractivity contribution is 6.01. The summed E-state index contributed by atoms with van der Waals surface area (Å²) in [6.07, 6.45) is 8.45. The standard InChI is InChI=1S/C23H27N7O2/c1-2-3-11-29-21-19(26-23(29)28-10-6-8-17(24)13-28)12-25-30(22(21)31)14-20-18-9-5-4-7-16(18)15-32-27-20/h3-5,7,9,11-12,17H,2,6,8,10,13-15,24H2,1H3. The monoisotopic (exact) mass is 433 g/mol. The number of hydrogen-bond acceptors (Lipinski definition) is 7. The van der Waals surface area contributed by atoms with Gasteiger partial charge in [-0.1, -0.05) is 42.4 Å². The highest BCUT2D eigenvalue weighted by atomic mass is 16.6. The maximum absolute atomic E-state index is 13.5. The number of imidazole rings is 1. The molecule has 0 radical (unpaired) electrons. The van der Waals surface area contributed by atoms with E-state index in [-0.39, 0.29) is 18.1 Å². The minimum Gasteiger partial charge on any atom is -0.391 e. The van der Waals surface area contributed by atoms with Crippen molar-refractivity contribution >= 4 is 28.9 Å². The Labute approximate surface area is 185 Å². The molecule has 2 aromatic heterocycles. The number of benzene rings is 1. The molecule has 4 heterocycles. The molecule has 1 fully saturated rings. The van der Waals surface area contributed by atoms with Crippen LogP contribution in [0.1, 0.15) is 37.3 Å². The van der Waals surface area contributed by atoms with E-state index >= 15 is 0 Å². The van der Waals surface area contributed by atoms with Crippen LogP contribution in [0, 0.1) is 0 Å². The molecule has 1 aromatic carbocycles. The maximum Gasteiger partial charge on any atom is 0.293 e. The number of piperidine rings is 1. The largest absolute Gasteiger partial charge is 0.391 e. The van der Waals surface area contributed by atoms with E-state index in [1.165, 1.54) is 4.68 Å². The van der Waals surface area contributed by atoms with Crippen molar-refractivity contribution < 1.29 is 4.84 Å². The number of rotatable bonds is 5. The Morgan fingerprint density at radius 2 is 2.19 bits per heavy atom. The summed E-state index contributed by atoms with van der Waals surface area (Å²) in [5.41, 5.74) is 9.77. The zero-order chi connectivity index (χ0) is 22.1. The smallest absolute Gasteiger partial charge is 0.293 e. The number of aromatic nitrogens is 4. The van der Waals surface area contributed by atoms with Crippen molar-refractivity contribution in [1.82, 2.24) is 19.3 Å². The molecule has 2 aliphatic rings. The predicted molar refractivity (Wildman–Crippen MR) is 125 cm³/mol. The zero-order valence-corrected chi connectivity index (χ0v) is 18.1. The minimum atomic E-state index is -0.214. The quantitative estimate of drug-likeness (QED) is 0.662. The van der Waals surface area contributed by atoms with E-state index in [4.69, 9.17) is 15.6 Å². The molecule has 166 valence electrons. The first-order chi connectivity index (χ1) is 15.7. The van der Waals surface area contributed by atoms with Gasteiger partial charge < -0.3 is 15.5 Å². The van der Waals surface area contributed by atoms with Crippen molar-refractivity contribution in [3.8, 4) is 0 Å². The van der Waals surface area contributed by atoms with Crippen molar-refractivity contribution in [3.63, 3.8) is 0 Å². The van der Waals surface area contributed by atoms with Gasteiger partial charge in [0.2, 0.25) is 5.95 Å². The first-order valence-electron chi connectivity index (χ1n) is 11.1. The summed E-state index contributed by atoms with van der Waals surface area (Å²) in [7, 11) is 0. The molecular weight excluding hydrogens is 406 g/mol. The number of hydrogen-bond donors (Lipinski definition) is 1. The lowest BCUT2D eigenvalue weighted by atomic mass is 10.0. The van der Waals surface area contributed by atoms with Gasteiger partial charge in [-0.2, -0.15) is 5.10 Å². The molecule has 1 unspecified atom stereocenters. The lowest BCUT2D eigenvalue weighted by Crippen LogP contribution is -2.43. The number of fused-ring (bicyclic) bond motifs is 2. The number of nitrogens with zero attached hydrogens (tertiary/aromatic N) is 6. The van der Waals surface area contributed by atoms with Crippen LogP contribution in [-0.2, 0) is 18.0 Å². The summed E-state index contributed by atoms with van der Waals surface area (Å²) in [6.45, 7) is 4.29. The molecular formula is C23H27N7O2. The van der Waals surface area contributed by atoms with Gasteiger partial charge in [-0.3, -0.25) is 9.36 Å².